The fraction of sp³-hybridized carbons (Fsp3) is 1.00. The van der Waals surface area contributed by atoms with Gasteiger partial charge in [-0.15, -0.1) is 0 Å². The van der Waals surface area contributed by atoms with Gasteiger partial charge in [0.25, 0.3) is 0 Å². The number of nitrogens with one attached hydrogen (secondary N) is 1. The number of likely N-dealkylation sites (tertiary alicyclic amines) is 1. The Morgan fingerprint density at radius 1 is 1.12 bits per heavy atom. The molecule has 1 saturated carbocycles. The molecule has 2 rings (SSSR count). The van der Waals surface area contributed by atoms with Gasteiger partial charge in [0.05, 0.1) is 0 Å². The van der Waals surface area contributed by atoms with E-state index in [2.05, 4.69) is 31.0 Å². The Balaban J connectivity index is 1.68. The van der Waals surface area contributed by atoms with E-state index in [9.17, 15) is 0 Å². The van der Waals surface area contributed by atoms with E-state index in [1.807, 2.05) is 0 Å². The van der Waals surface area contributed by atoms with Gasteiger partial charge in [-0.2, -0.15) is 0 Å². The zero-order valence-corrected chi connectivity index (χ0v) is 11.3. The molecule has 0 spiro atoms. The summed E-state index contributed by atoms with van der Waals surface area (Å²) in [6.45, 7) is 10.9. The quantitative estimate of drug-likeness (QED) is 0.772. The molecule has 0 amide bonds. The molecule has 1 aliphatic heterocycles. The molecule has 16 heavy (non-hydrogen) atoms. The van der Waals surface area contributed by atoms with Gasteiger partial charge in [0, 0.05) is 18.6 Å². The van der Waals surface area contributed by atoms with Crippen molar-refractivity contribution >= 4 is 0 Å². The van der Waals surface area contributed by atoms with Crippen molar-refractivity contribution in [2.24, 2.45) is 5.41 Å². The van der Waals surface area contributed by atoms with E-state index in [1.165, 1.54) is 45.2 Å². The summed E-state index contributed by atoms with van der Waals surface area (Å²) in [5, 5.41) is 3.74. The van der Waals surface area contributed by atoms with E-state index in [0.717, 1.165) is 6.54 Å². The molecule has 2 fully saturated rings. The van der Waals surface area contributed by atoms with E-state index in [1.54, 1.807) is 0 Å². The first kappa shape index (κ1) is 12.4. The lowest BCUT2D eigenvalue weighted by molar-refractivity contribution is 0.165. The number of hydrogen-bond donors (Lipinski definition) is 1. The first-order valence-electron chi connectivity index (χ1n) is 7.09. The summed E-state index contributed by atoms with van der Waals surface area (Å²) in [7, 11) is 0. The average molecular weight is 224 g/mol. The standard InChI is InChI=1S/C14H28N2/c1-12(16-9-5-4-6-10-16)11-15-13(2)14(3)7-8-14/h12-13,15H,4-11H2,1-3H3. The molecule has 1 saturated heterocycles. The van der Waals surface area contributed by atoms with E-state index >= 15 is 0 Å². The van der Waals surface area contributed by atoms with Crippen molar-refractivity contribution < 1.29 is 0 Å². The van der Waals surface area contributed by atoms with Crippen molar-refractivity contribution in [1.82, 2.24) is 10.2 Å². The van der Waals surface area contributed by atoms with Crippen LogP contribution in [0.15, 0.2) is 0 Å². The van der Waals surface area contributed by atoms with Crippen LogP contribution in [0.3, 0.4) is 0 Å². The molecule has 0 aromatic heterocycles. The Morgan fingerprint density at radius 3 is 2.31 bits per heavy atom. The van der Waals surface area contributed by atoms with Gasteiger partial charge < -0.3 is 5.32 Å². The van der Waals surface area contributed by atoms with E-state index in [0.29, 0.717) is 17.5 Å². The summed E-state index contributed by atoms with van der Waals surface area (Å²) in [5.74, 6) is 0. The van der Waals surface area contributed by atoms with Gasteiger partial charge >= 0.3 is 0 Å². The summed E-state index contributed by atoms with van der Waals surface area (Å²) >= 11 is 0. The van der Waals surface area contributed by atoms with Crippen LogP contribution < -0.4 is 5.32 Å². The second-order valence-electron chi connectivity index (χ2n) is 6.23. The minimum atomic E-state index is 0.613. The van der Waals surface area contributed by atoms with Gasteiger partial charge in [0.1, 0.15) is 0 Å². The van der Waals surface area contributed by atoms with Crippen LogP contribution in [0.1, 0.15) is 52.9 Å². The lowest BCUT2D eigenvalue weighted by Crippen LogP contribution is -2.46. The third-order valence-corrected chi connectivity index (χ3v) is 4.82. The van der Waals surface area contributed by atoms with Crippen LogP contribution in [0.4, 0.5) is 0 Å². The Kier molecular flexibility index (Phi) is 3.91. The van der Waals surface area contributed by atoms with Crippen molar-refractivity contribution in [1.29, 1.82) is 0 Å². The summed E-state index contributed by atoms with van der Waals surface area (Å²) in [4.78, 5) is 2.65. The molecule has 1 heterocycles. The molecule has 94 valence electrons. The van der Waals surface area contributed by atoms with Crippen LogP contribution >= 0.6 is 0 Å². The molecular formula is C14H28N2. The fourth-order valence-corrected chi connectivity index (χ4v) is 2.71. The van der Waals surface area contributed by atoms with Crippen LogP contribution in [0, 0.1) is 5.41 Å². The number of rotatable bonds is 5. The van der Waals surface area contributed by atoms with Crippen LogP contribution in [0.25, 0.3) is 0 Å². The highest BCUT2D eigenvalue weighted by Gasteiger charge is 2.42. The predicted octanol–water partition coefficient (Wildman–Crippen LogP) is 2.64. The van der Waals surface area contributed by atoms with Crippen molar-refractivity contribution in [3.8, 4) is 0 Å². The summed E-state index contributed by atoms with van der Waals surface area (Å²) in [5.41, 5.74) is 0.613. The molecule has 2 nitrogen and oxygen atoms in total. The highest BCUT2D eigenvalue weighted by molar-refractivity contribution is 4.96. The maximum Gasteiger partial charge on any atom is 0.0192 e. The lowest BCUT2D eigenvalue weighted by Gasteiger charge is -2.33. The Hall–Kier alpha value is -0.0800. The molecule has 1 aliphatic carbocycles. The molecule has 0 aromatic carbocycles. The van der Waals surface area contributed by atoms with Crippen molar-refractivity contribution in [2.45, 2.75) is 65.0 Å². The number of nitrogens with zero attached hydrogens (tertiary/aromatic N) is 1. The largest absolute Gasteiger partial charge is 0.312 e. The smallest absolute Gasteiger partial charge is 0.0192 e. The van der Waals surface area contributed by atoms with Crippen LogP contribution in [0.2, 0.25) is 0 Å². The van der Waals surface area contributed by atoms with E-state index in [4.69, 9.17) is 0 Å². The fourth-order valence-electron chi connectivity index (χ4n) is 2.71. The van der Waals surface area contributed by atoms with Gasteiger partial charge in [-0.3, -0.25) is 4.90 Å². The zero-order valence-electron chi connectivity index (χ0n) is 11.3. The van der Waals surface area contributed by atoms with Crippen molar-refractivity contribution in [3.63, 3.8) is 0 Å². The minimum Gasteiger partial charge on any atom is -0.312 e. The first-order valence-corrected chi connectivity index (χ1v) is 7.09. The highest BCUT2D eigenvalue weighted by Crippen LogP contribution is 2.47. The maximum atomic E-state index is 3.74. The molecule has 1 N–H and O–H groups in total. The summed E-state index contributed by atoms with van der Waals surface area (Å²) in [6, 6.07) is 1.41. The minimum absolute atomic E-state index is 0.613. The normalized spacial score (nSPS) is 28.7. The highest BCUT2D eigenvalue weighted by atomic mass is 15.2. The van der Waals surface area contributed by atoms with Crippen LogP contribution in [0.5, 0.6) is 0 Å². The summed E-state index contributed by atoms with van der Waals surface area (Å²) < 4.78 is 0. The molecule has 2 unspecified atom stereocenters. The third-order valence-electron chi connectivity index (χ3n) is 4.82. The second-order valence-corrected chi connectivity index (χ2v) is 6.23. The Bertz CT molecular complexity index is 217. The van der Waals surface area contributed by atoms with Crippen LogP contribution in [-0.2, 0) is 0 Å². The Labute approximate surface area is 101 Å². The first-order chi connectivity index (χ1) is 7.62. The van der Waals surface area contributed by atoms with Gasteiger partial charge in [0.15, 0.2) is 0 Å². The zero-order chi connectivity index (χ0) is 11.6. The third kappa shape index (κ3) is 2.98. The second kappa shape index (κ2) is 5.05. The molecule has 2 atom stereocenters. The predicted molar refractivity (Wildman–Crippen MR) is 69.7 cm³/mol. The summed E-state index contributed by atoms with van der Waals surface area (Å²) in [6.07, 6.45) is 7.07. The topological polar surface area (TPSA) is 15.3 Å². The van der Waals surface area contributed by atoms with Gasteiger partial charge in [-0.1, -0.05) is 13.3 Å². The number of piperidine rings is 1. The lowest BCUT2D eigenvalue weighted by atomic mass is 10.0. The molecule has 0 aromatic rings. The van der Waals surface area contributed by atoms with E-state index in [-0.39, 0.29) is 0 Å². The SMILES string of the molecule is CC(CNC(C)C1(C)CC1)N1CCCCC1. The van der Waals surface area contributed by atoms with E-state index < -0.39 is 0 Å². The van der Waals surface area contributed by atoms with Crippen molar-refractivity contribution in [3.05, 3.63) is 0 Å². The Morgan fingerprint density at radius 2 is 1.75 bits per heavy atom. The van der Waals surface area contributed by atoms with Gasteiger partial charge in [-0.25, -0.2) is 0 Å². The van der Waals surface area contributed by atoms with Crippen molar-refractivity contribution in [2.75, 3.05) is 19.6 Å². The molecule has 0 radical (unpaired) electrons. The average Bonchev–Trinajstić information content (AvgIpc) is 3.06. The number of hydrogen-bond acceptors (Lipinski definition) is 2. The monoisotopic (exact) mass is 224 g/mol. The maximum absolute atomic E-state index is 3.74. The molecule has 2 heteroatoms. The van der Waals surface area contributed by atoms with Gasteiger partial charge in [-0.05, 0) is 58.0 Å². The molecule has 2 aliphatic rings. The van der Waals surface area contributed by atoms with Gasteiger partial charge in [0.2, 0.25) is 0 Å². The molecule has 0 bridgehead atoms. The van der Waals surface area contributed by atoms with Crippen LogP contribution in [-0.4, -0.2) is 36.6 Å². The molecular weight excluding hydrogens is 196 g/mol.